The Labute approximate surface area is 215 Å². The highest BCUT2D eigenvalue weighted by molar-refractivity contribution is 8.16. The van der Waals surface area contributed by atoms with E-state index in [1.165, 1.54) is 11.8 Å². The molecule has 2 aliphatic heterocycles. The number of hydrogen-bond acceptors (Lipinski definition) is 8. The van der Waals surface area contributed by atoms with Gasteiger partial charge in [-0.25, -0.2) is 9.79 Å². The number of nitrogens with zero attached hydrogens (tertiary/aromatic N) is 3. The van der Waals surface area contributed by atoms with E-state index in [1.807, 2.05) is 73.5 Å². The molecule has 0 spiro atoms. The van der Waals surface area contributed by atoms with Crippen molar-refractivity contribution in [3.05, 3.63) is 82.3 Å². The van der Waals surface area contributed by atoms with Crippen LogP contribution in [0.5, 0.6) is 5.75 Å². The molecule has 1 aromatic heterocycles. The summed E-state index contributed by atoms with van der Waals surface area (Å²) in [4.78, 5) is 37.1. The van der Waals surface area contributed by atoms with Crippen LogP contribution in [0.15, 0.2) is 76.0 Å². The fourth-order valence-corrected chi connectivity index (χ4v) is 5.16. The second kappa shape index (κ2) is 11.4. The number of ether oxygens (including phenoxy) is 2. The molecule has 188 valence electrons. The third kappa shape index (κ3) is 5.62. The Morgan fingerprint density at radius 3 is 2.67 bits per heavy atom. The van der Waals surface area contributed by atoms with E-state index in [2.05, 4.69) is 10.3 Å². The molecule has 3 heterocycles. The minimum absolute atomic E-state index is 0.115. The average molecular weight is 507 g/mol. The SMILES string of the molecule is COc1ccccc1C1C(C(=O)OC(C)C)=C(C)N=C2SC=C(CC(=O)NCCc3ccccn3)N21. The predicted octanol–water partition coefficient (Wildman–Crippen LogP) is 4.37. The minimum atomic E-state index is -0.539. The molecule has 1 atom stereocenters. The maximum absolute atomic E-state index is 13.3. The fraction of sp³-hybridized carbons (Fsp3) is 0.333. The molecule has 1 unspecified atom stereocenters. The van der Waals surface area contributed by atoms with E-state index in [4.69, 9.17) is 14.5 Å². The molecule has 0 saturated carbocycles. The quantitative estimate of drug-likeness (QED) is 0.505. The number of para-hydroxylation sites is 1. The number of nitrogens with one attached hydrogen (secondary N) is 1. The number of allylic oxidation sites excluding steroid dienone is 1. The second-order valence-corrected chi connectivity index (χ2v) is 9.52. The summed E-state index contributed by atoms with van der Waals surface area (Å²) in [5, 5.41) is 5.60. The molecule has 4 rings (SSSR count). The Hall–Kier alpha value is -3.59. The Balaban J connectivity index is 1.59. The van der Waals surface area contributed by atoms with Crippen molar-refractivity contribution in [1.29, 1.82) is 0 Å². The summed E-state index contributed by atoms with van der Waals surface area (Å²) < 4.78 is 11.3. The lowest BCUT2D eigenvalue weighted by Crippen LogP contribution is -2.38. The first-order chi connectivity index (χ1) is 17.4. The normalized spacial score (nSPS) is 16.9. The van der Waals surface area contributed by atoms with Crippen molar-refractivity contribution in [1.82, 2.24) is 15.2 Å². The standard InChI is InChI=1S/C27H30N4O4S/c1-17(2)35-26(33)24-18(3)30-27-31(25(24)21-10-5-6-11-22(21)34-4)20(16-36-27)15-23(32)29-14-12-19-9-7-8-13-28-19/h5-11,13,16-17,25H,12,14-15H2,1-4H3,(H,29,32). The molecule has 1 amide bonds. The largest absolute Gasteiger partial charge is 0.496 e. The molecule has 0 aliphatic carbocycles. The molecular weight excluding hydrogens is 476 g/mol. The van der Waals surface area contributed by atoms with Crippen molar-refractivity contribution in [2.75, 3.05) is 13.7 Å². The molecule has 0 saturated heterocycles. The van der Waals surface area contributed by atoms with Gasteiger partial charge in [-0.05, 0) is 44.4 Å². The molecular formula is C27H30N4O4S. The van der Waals surface area contributed by atoms with E-state index >= 15 is 0 Å². The van der Waals surface area contributed by atoms with Crippen LogP contribution < -0.4 is 10.1 Å². The molecule has 0 bridgehead atoms. The van der Waals surface area contributed by atoms with Crippen molar-refractivity contribution in [2.24, 2.45) is 4.99 Å². The molecule has 9 heteroatoms. The van der Waals surface area contributed by atoms with Crippen LogP contribution in [0, 0.1) is 0 Å². The number of rotatable bonds is 9. The Bertz CT molecular complexity index is 1220. The molecule has 2 aromatic rings. The minimum Gasteiger partial charge on any atom is -0.496 e. The van der Waals surface area contributed by atoms with Crippen LogP contribution in [0.3, 0.4) is 0 Å². The molecule has 36 heavy (non-hydrogen) atoms. The van der Waals surface area contributed by atoms with E-state index in [9.17, 15) is 9.59 Å². The first kappa shape index (κ1) is 25.5. The van der Waals surface area contributed by atoms with Crippen LogP contribution in [0.25, 0.3) is 0 Å². The summed E-state index contributed by atoms with van der Waals surface area (Å²) in [7, 11) is 1.60. The van der Waals surface area contributed by atoms with Crippen LogP contribution in [0.2, 0.25) is 0 Å². The van der Waals surface area contributed by atoms with Gasteiger partial charge < -0.3 is 19.7 Å². The summed E-state index contributed by atoms with van der Waals surface area (Å²) in [5.41, 5.74) is 3.49. The van der Waals surface area contributed by atoms with Gasteiger partial charge in [0.25, 0.3) is 0 Å². The van der Waals surface area contributed by atoms with Gasteiger partial charge in [-0.1, -0.05) is 36.0 Å². The molecule has 0 fully saturated rings. The third-order valence-electron chi connectivity index (χ3n) is 5.77. The van der Waals surface area contributed by atoms with Gasteiger partial charge in [0, 0.05) is 36.1 Å². The van der Waals surface area contributed by atoms with Crippen LogP contribution >= 0.6 is 11.8 Å². The maximum atomic E-state index is 13.3. The summed E-state index contributed by atoms with van der Waals surface area (Å²) in [6.07, 6.45) is 2.25. The molecule has 8 nitrogen and oxygen atoms in total. The lowest BCUT2D eigenvalue weighted by Gasteiger charge is -2.37. The van der Waals surface area contributed by atoms with Gasteiger partial charge in [-0.15, -0.1) is 0 Å². The lowest BCUT2D eigenvalue weighted by molar-refractivity contribution is -0.143. The molecule has 0 radical (unpaired) electrons. The maximum Gasteiger partial charge on any atom is 0.338 e. The van der Waals surface area contributed by atoms with Crippen molar-refractivity contribution >= 4 is 28.8 Å². The number of thioether (sulfide) groups is 1. The summed E-state index contributed by atoms with van der Waals surface area (Å²) >= 11 is 1.44. The number of amidine groups is 1. The van der Waals surface area contributed by atoms with E-state index in [0.29, 0.717) is 35.2 Å². The number of fused-ring (bicyclic) bond motifs is 1. The number of aromatic nitrogens is 1. The van der Waals surface area contributed by atoms with Gasteiger partial charge >= 0.3 is 5.97 Å². The number of hydrogen-bond donors (Lipinski definition) is 1. The summed E-state index contributed by atoms with van der Waals surface area (Å²) in [6.45, 7) is 5.93. The highest BCUT2D eigenvalue weighted by atomic mass is 32.2. The first-order valence-corrected chi connectivity index (χ1v) is 12.7. The van der Waals surface area contributed by atoms with Crippen molar-refractivity contribution in [3.63, 3.8) is 0 Å². The number of esters is 1. The monoisotopic (exact) mass is 506 g/mol. The van der Waals surface area contributed by atoms with E-state index in [-0.39, 0.29) is 18.4 Å². The van der Waals surface area contributed by atoms with Crippen LogP contribution in [-0.2, 0) is 20.7 Å². The molecule has 2 aliphatic rings. The topological polar surface area (TPSA) is 93.1 Å². The van der Waals surface area contributed by atoms with Crippen LogP contribution in [0.4, 0.5) is 0 Å². The van der Waals surface area contributed by atoms with Crippen LogP contribution in [-0.4, -0.2) is 46.7 Å². The number of methoxy groups -OCH3 is 1. The first-order valence-electron chi connectivity index (χ1n) is 11.8. The lowest BCUT2D eigenvalue weighted by atomic mass is 9.93. The van der Waals surface area contributed by atoms with Gasteiger partial charge in [0.1, 0.15) is 5.75 Å². The van der Waals surface area contributed by atoms with Crippen molar-refractivity contribution in [2.45, 2.75) is 45.8 Å². The van der Waals surface area contributed by atoms with Crippen LogP contribution in [0.1, 0.15) is 44.5 Å². The number of carbonyl (C=O) groups is 2. The number of pyridine rings is 1. The van der Waals surface area contributed by atoms with Crippen molar-refractivity contribution in [3.8, 4) is 5.75 Å². The highest BCUT2D eigenvalue weighted by Gasteiger charge is 2.42. The molecule has 1 aromatic carbocycles. The van der Waals surface area contributed by atoms with E-state index in [0.717, 1.165) is 17.0 Å². The number of carbonyl (C=O) groups excluding carboxylic acids is 2. The summed E-state index contributed by atoms with van der Waals surface area (Å²) in [5.74, 6) is 0.0927. The zero-order valence-corrected chi connectivity index (χ0v) is 21.7. The van der Waals surface area contributed by atoms with Gasteiger partial charge in [0.15, 0.2) is 5.17 Å². The zero-order chi connectivity index (χ0) is 25.7. The zero-order valence-electron chi connectivity index (χ0n) is 20.9. The fourth-order valence-electron chi connectivity index (χ4n) is 4.20. The average Bonchev–Trinajstić information content (AvgIpc) is 3.25. The number of benzene rings is 1. The summed E-state index contributed by atoms with van der Waals surface area (Å²) in [6, 6.07) is 12.8. The molecule has 1 N–H and O–H groups in total. The second-order valence-electron chi connectivity index (χ2n) is 8.69. The Morgan fingerprint density at radius 2 is 1.94 bits per heavy atom. The van der Waals surface area contributed by atoms with Gasteiger partial charge in [-0.3, -0.25) is 9.78 Å². The van der Waals surface area contributed by atoms with E-state index in [1.54, 1.807) is 13.3 Å². The van der Waals surface area contributed by atoms with Gasteiger partial charge in [0.05, 0.1) is 36.9 Å². The Kier molecular flexibility index (Phi) is 8.10. The smallest absolute Gasteiger partial charge is 0.338 e. The highest BCUT2D eigenvalue weighted by Crippen LogP contribution is 2.46. The number of amides is 1. The third-order valence-corrected chi connectivity index (χ3v) is 6.66. The van der Waals surface area contributed by atoms with Gasteiger partial charge in [-0.2, -0.15) is 0 Å². The number of aliphatic imine (C=N–C) groups is 1. The Morgan fingerprint density at radius 1 is 1.17 bits per heavy atom. The predicted molar refractivity (Wildman–Crippen MR) is 140 cm³/mol. The van der Waals surface area contributed by atoms with Crippen molar-refractivity contribution < 1.29 is 19.1 Å². The van der Waals surface area contributed by atoms with E-state index < -0.39 is 12.0 Å². The van der Waals surface area contributed by atoms with Gasteiger partial charge in [0.2, 0.25) is 5.91 Å².